The van der Waals surface area contributed by atoms with Gasteiger partial charge in [-0.05, 0) is 42.0 Å². The molecule has 1 atom stereocenters. The van der Waals surface area contributed by atoms with E-state index in [0.29, 0.717) is 11.5 Å². The van der Waals surface area contributed by atoms with Gasteiger partial charge in [0.1, 0.15) is 0 Å². The second-order valence-electron chi connectivity index (χ2n) is 6.30. The number of halogens is 4. The van der Waals surface area contributed by atoms with E-state index in [0.717, 1.165) is 30.5 Å². The van der Waals surface area contributed by atoms with Crippen molar-refractivity contribution in [2.24, 2.45) is 0 Å². The van der Waals surface area contributed by atoms with Gasteiger partial charge >= 0.3 is 6.18 Å². The molecule has 138 valence electrons. The number of aliphatic hydroxyl groups is 1. The number of pyridine rings is 1. The number of amides is 1. The maximum atomic E-state index is 13.5. The van der Waals surface area contributed by atoms with Crippen LogP contribution in [0.5, 0.6) is 0 Å². The third kappa shape index (κ3) is 3.68. The average Bonchev–Trinajstić information content (AvgIpc) is 3.44. The van der Waals surface area contributed by atoms with E-state index in [1.165, 1.54) is 18.3 Å². The highest BCUT2D eigenvalue weighted by molar-refractivity contribution is 6.30. The van der Waals surface area contributed by atoms with Crippen molar-refractivity contribution >= 4 is 17.5 Å². The lowest BCUT2D eigenvalue weighted by Crippen LogP contribution is -2.54. The molecular formula is C18H16ClF3N2O2. The molecule has 0 saturated heterocycles. The number of rotatable bonds is 5. The van der Waals surface area contributed by atoms with E-state index in [4.69, 9.17) is 11.6 Å². The number of nitrogens with one attached hydrogen (secondary N) is 1. The molecule has 3 rings (SSSR count). The second kappa shape index (κ2) is 6.89. The first kappa shape index (κ1) is 18.7. The smallest absolute Gasteiger partial charge is 0.369 e. The number of hydrogen-bond donors (Lipinski definition) is 2. The largest absolute Gasteiger partial charge is 0.430 e. The molecule has 1 aromatic heterocycles. The summed E-state index contributed by atoms with van der Waals surface area (Å²) in [6, 6.07) is 6.13. The van der Waals surface area contributed by atoms with Crippen molar-refractivity contribution in [2.45, 2.75) is 37.1 Å². The Labute approximate surface area is 153 Å². The van der Waals surface area contributed by atoms with Crippen LogP contribution in [-0.2, 0) is 16.9 Å². The van der Waals surface area contributed by atoms with Crippen LogP contribution >= 0.6 is 11.6 Å². The average molecular weight is 385 g/mol. The lowest BCUT2D eigenvalue weighted by molar-refractivity contribution is -0.257. The van der Waals surface area contributed by atoms with Gasteiger partial charge in [0.15, 0.2) is 0 Å². The number of carbonyl (C=O) groups is 1. The number of hydrogen-bond acceptors (Lipinski definition) is 3. The van der Waals surface area contributed by atoms with Gasteiger partial charge < -0.3 is 10.4 Å². The van der Waals surface area contributed by atoms with Gasteiger partial charge in [-0.25, -0.2) is 0 Å². The van der Waals surface area contributed by atoms with Crippen molar-refractivity contribution in [1.29, 1.82) is 0 Å². The van der Waals surface area contributed by atoms with Crippen molar-refractivity contribution in [2.75, 3.05) is 0 Å². The van der Waals surface area contributed by atoms with Gasteiger partial charge in [0.25, 0.3) is 11.5 Å². The van der Waals surface area contributed by atoms with E-state index < -0.39 is 23.2 Å². The Bertz CT molecular complexity index is 807. The summed E-state index contributed by atoms with van der Waals surface area (Å²) in [6.07, 6.45) is 0.104. The molecule has 26 heavy (non-hydrogen) atoms. The predicted molar refractivity (Wildman–Crippen MR) is 89.5 cm³/mol. The molecule has 1 aliphatic carbocycles. The zero-order valence-corrected chi connectivity index (χ0v) is 14.3. The van der Waals surface area contributed by atoms with Gasteiger partial charge in [-0.3, -0.25) is 9.78 Å². The van der Waals surface area contributed by atoms with Crippen molar-refractivity contribution < 1.29 is 23.1 Å². The summed E-state index contributed by atoms with van der Waals surface area (Å²) >= 11 is 5.67. The first-order valence-corrected chi connectivity index (χ1v) is 8.37. The maximum Gasteiger partial charge on any atom is 0.430 e. The van der Waals surface area contributed by atoms with Gasteiger partial charge in [0.2, 0.25) is 0 Å². The predicted octanol–water partition coefficient (Wildman–Crippen LogP) is 3.68. The second-order valence-corrected chi connectivity index (χ2v) is 6.73. The Morgan fingerprint density at radius 1 is 1.23 bits per heavy atom. The van der Waals surface area contributed by atoms with Gasteiger partial charge in [-0.15, -0.1) is 0 Å². The summed E-state index contributed by atoms with van der Waals surface area (Å²) in [7, 11) is 0. The summed E-state index contributed by atoms with van der Waals surface area (Å²) in [6.45, 7) is -0.168. The first-order chi connectivity index (χ1) is 12.2. The molecule has 1 aliphatic rings. The monoisotopic (exact) mass is 384 g/mol. The molecule has 0 unspecified atom stereocenters. The first-order valence-electron chi connectivity index (χ1n) is 7.99. The summed E-state index contributed by atoms with van der Waals surface area (Å²) in [4.78, 5) is 16.3. The summed E-state index contributed by atoms with van der Waals surface area (Å²) < 4.78 is 40.5. The molecule has 8 heteroatoms. The van der Waals surface area contributed by atoms with Crippen molar-refractivity contribution in [3.05, 3.63) is 64.4 Å². The van der Waals surface area contributed by atoms with Crippen LogP contribution < -0.4 is 5.32 Å². The van der Waals surface area contributed by atoms with Gasteiger partial charge in [0, 0.05) is 29.5 Å². The van der Waals surface area contributed by atoms with Crippen LogP contribution in [0.4, 0.5) is 13.2 Å². The van der Waals surface area contributed by atoms with Gasteiger partial charge in [0.05, 0.1) is 0 Å². The maximum absolute atomic E-state index is 13.5. The van der Waals surface area contributed by atoms with Crippen LogP contribution in [0.2, 0.25) is 5.02 Å². The van der Waals surface area contributed by atoms with Crippen LogP contribution in [0.25, 0.3) is 0 Å². The van der Waals surface area contributed by atoms with E-state index in [2.05, 4.69) is 10.3 Å². The topological polar surface area (TPSA) is 62.2 Å². The summed E-state index contributed by atoms with van der Waals surface area (Å²) in [5.41, 5.74) is -2.69. The quantitative estimate of drug-likeness (QED) is 0.826. The highest BCUT2D eigenvalue weighted by atomic mass is 35.5. The fourth-order valence-corrected chi connectivity index (χ4v) is 2.80. The molecule has 0 spiro atoms. The molecule has 1 amide bonds. The molecular weight excluding hydrogens is 369 g/mol. The Morgan fingerprint density at radius 2 is 1.88 bits per heavy atom. The molecule has 0 radical (unpaired) electrons. The zero-order valence-electron chi connectivity index (χ0n) is 13.6. The fraction of sp³-hybridized carbons (Fsp3) is 0.333. The number of alkyl halides is 3. The van der Waals surface area contributed by atoms with E-state index >= 15 is 0 Å². The Balaban J connectivity index is 1.80. The zero-order chi connectivity index (χ0) is 18.9. The number of nitrogens with zero attached hydrogens (tertiary/aromatic N) is 1. The van der Waals surface area contributed by atoms with Crippen LogP contribution in [-0.4, -0.2) is 22.2 Å². The Kier molecular flexibility index (Phi) is 4.94. The molecule has 1 fully saturated rings. The number of aromatic nitrogens is 1. The van der Waals surface area contributed by atoms with E-state index in [1.54, 1.807) is 12.3 Å². The third-order valence-corrected chi connectivity index (χ3v) is 4.57. The summed E-state index contributed by atoms with van der Waals surface area (Å²) in [5, 5.41) is 12.6. The SMILES string of the molecule is O=C(NCc1cncc(C2CC2)c1)[C@@](O)(c1ccc(Cl)cc1)C(F)(F)F. The van der Waals surface area contributed by atoms with Crippen molar-refractivity contribution in [3.8, 4) is 0 Å². The molecule has 4 nitrogen and oxygen atoms in total. The van der Waals surface area contributed by atoms with E-state index in [-0.39, 0.29) is 11.6 Å². The molecule has 2 N–H and O–H groups in total. The molecule has 0 bridgehead atoms. The van der Waals surface area contributed by atoms with Crippen LogP contribution in [0, 0.1) is 0 Å². The van der Waals surface area contributed by atoms with Crippen molar-refractivity contribution in [1.82, 2.24) is 10.3 Å². The highest BCUT2D eigenvalue weighted by Gasteiger charge is 2.60. The molecule has 1 aromatic carbocycles. The molecule has 1 saturated carbocycles. The lowest BCUT2D eigenvalue weighted by Gasteiger charge is -2.29. The van der Waals surface area contributed by atoms with Gasteiger partial charge in [-0.1, -0.05) is 29.8 Å². The lowest BCUT2D eigenvalue weighted by atomic mass is 9.92. The normalized spacial score (nSPS) is 16.8. The number of carbonyl (C=O) groups excluding carboxylic acids is 1. The minimum atomic E-state index is -5.20. The fourth-order valence-electron chi connectivity index (χ4n) is 2.67. The Morgan fingerprint density at radius 3 is 2.46 bits per heavy atom. The summed E-state index contributed by atoms with van der Waals surface area (Å²) in [5.74, 6) is -1.12. The van der Waals surface area contributed by atoms with E-state index in [1.807, 2.05) is 0 Å². The van der Waals surface area contributed by atoms with E-state index in [9.17, 15) is 23.1 Å². The molecule has 2 aromatic rings. The van der Waals surface area contributed by atoms with Crippen LogP contribution in [0.15, 0.2) is 42.7 Å². The number of benzene rings is 1. The molecule has 0 aliphatic heterocycles. The van der Waals surface area contributed by atoms with Gasteiger partial charge in [-0.2, -0.15) is 13.2 Å². The van der Waals surface area contributed by atoms with Crippen LogP contribution in [0.3, 0.4) is 0 Å². The standard InChI is InChI=1S/C18H16ClF3N2O2/c19-15-5-3-14(4-6-15)17(26,18(20,21)22)16(25)24-9-11-7-13(10-23-8-11)12-1-2-12/h3-8,10,12,26H,1-2,9H2,(H,24,25)/t17-/m0/s1. The molecule has 1 heterocycles. The van der Waals surface area contributed by atoms with Crippen molar-refractivity contribution in [3.63, 3.8) is 0 Å². The minimum Gasteiger partial charge on any atom is -0.369 e. The Hall–Kier alpha value is -2.12. The minimum absolute atomic E-state index is 0.168. The highest BCUT2D eigenvalue weighted by Crippen LogP contribution is 2.40. The van der Waals surface area contributed by atoms with Crippen LogP contribution in [0.1, 0.15) is 35.4 Å². The third-order valence-electron chi connectivity index (χ3n) is 4.32.